The van der Waals surface area contributed by atoms with Gasteiger partial charge in [0.15, 0.2) is 0 Å². The first-order valence-corrected chi connectivity index (χ1v) is 9.97. The van der Waals surface area contributed by atoms with Crippen LogP contribution in [0.4, 0.5) is 0 Å². The highest BCUT2D eigenvalue weighted by Crippen LogP contribution is 2.18. The lowest BCUT2D eigenvalue weighted by atomic mass is 10.1. The van der Waals surface area contributed by atoms with Crippen LogP contribution in [0.1, 0.15) is 40.2 Å². The van der Waals surface area contributed by atoms with Crippen LogP contribution in [-0.2, 0) is 11.3 Å². The van der Waals surface area contributed by atoms with E-state index in [0.29, 0.717) is 28.8 Å². The maximum atomic E-state index is 13.3. The Hall–Kier alpha value is -2.99. The number of ether oxygens (including phenoxy) is 1. The third kappa shape index (κ3) is 4.38. The fourth-order valence-electron chi connectivity index (χ4n) is 3.92. The van der Waals surface area contributed by atoms with Gasteiger partial charge >= 0.3 is 0 Å². The highest BCUT2D eigenvalue weighted by atomic mass is 16.5. The second kappa shape index (κ2) is 8.17. The van der Waals surface area contributed by atoms with E-state index in [4.69, 9.17) is 4.74 Å². The SMILES string of the molecule is Cc1cc(C)cc(C(=O)N(Cc2nc3ccccc3c(=O)[nH]2)CC2CCCO2)c1. The first-order chi connectivity index (χ1) is 14.0. The number of hydrogen-bond donors (Lipinski definition) is 1. The van der Waals surface area contributed by atoms with E-state index in [1.807, 2.05) is 50.2 Å². The van der Waals surface area contributed by atoms with Gasteiger partial charge in [0.25, 0.3) is 11.5 Å². The summed E-state index contributed by atoms with van der Waals surface area (Å²) in [5.74, 6) is 0.396. The number of nitrogens with one attached hydrogen (secondary N) is 1. The first kappa shape index (κ1) is 19.3. The predicted octanol–water partition coefficient (Wildman–Crippen LogP) is 3.36. The van der Waals surface area contributed by atoms with Gasteiger partial charge in [0.05, 0.1) is 23.6 Å². The number of rotatable bonds is 5. The molecule has 6 heteroatoms. The molecule has 1 atom stereocenters. The third-order valence-electron chi connectivity index (χ3n) is 5.21. The number of benzene rings is 2. The third-order valence-corrected chi connectivity index (χ3v) is 5.21. The van der Waals surface area contributed by atoms with Gasteiger partial charge in [-0.05, 0) is 51.0 Å². The Labute approximate surface area is 169 Å². The molecule has 1 fully saturated rings. The molecule has 1 unspecified atom stereocenters. The number of aromatic nitrogens is 2. The molecule has 0 aliphatic carbocycles. The Morgan fingerprint density at radius 1 is 1.21 bits per heavy atom. The van der Waals surface area contributed by atoms with Crippen molar-refractivity contribution < 1.29 is 9.53 Å². The molecule has 3 aromatic rings. The van der Waals surface area contributed by atoms with Crippen molar-refractivity contribution in [2.24, 2.45) is 0 Å². The summed E-state index contributed by atoms with van der Waals surface area (Å²) >= 11 is 0. The van der Waals surface area contributed by atoms with E-state index in [9.17, 15) is 9.59 Å². The van der Waals surface area contributed by atoms with Crippen LogP contribution < -0.4 is 5.56 Å². The van der Waals surface area contributed by atoms with Crippen LogP contribution in [-0.4, -0.2) is 40.0 Å². The van der Waals surface area contributed by atoms with Crippen molar-refractivity contribution in [2.45, 2.75) is 39.3 Å². The van der Waals surface area contributed by atoms with Gasteiger partial charge in [-0.15, -0.1) is 0 Å². The molecule has 0 bridgehead atoms. The molecular weight excluding hydrogens is 366 g/mol. The minimum absolute atomic E-state index is 0.0111. The summed E-state index contributed by atoms with van der Waals surface area (Å²) in [7, 11) is 0. The molecule has 1 saturated heterocycles. The number of amides is 1. The molecule has 0 saturated carbocycles. The number of nitrogens with zero attached hydrogens (tertiary/aromatic N) is 2. The van der Waals surface area contributed by atoms with Crippen molar-refractivity contribution in [2.75, 3.05) is 13.2 Å². The lowest BCUT2D eigenvalue weighted by molar-refractivity contribution is 0.0501. The van der Waals surface area contributed by atoms with Crippen molar-refractivity contribution in [1.29, 1.82) is 0 Å². The monoisotopic (exact) mass is 391 g/mol. The smallest absolute Gasteiger partial charge is 0.258 e. The van der Waals surface area contributed by atoms with Gasteiger partial charge in [-0.2, -0.15) is 0 Å². The summed E-state index contributed by atoms with van der Waals surface area (Å²) in [5.41, 5.74) is 3.16. The van der Waals surface area contributed by atoms with Crippen molar-refractivity contribution >= 4 is 16.8 Å². The van der Waals surface area contributed by atoms with Crippen LogP contribution in [0, 0.1) is 13.8 Å². The van der Waals surface area contributed by atoms with Gasteiger partial charge in [0.2, 0.25) is 0 Å². The zero-order valence-corrected chi connectivity index (χ0v) is 16.8. The van der Waals surface area contributed by atoms with Crippen LogP contribution in [0.2, 0.25) is 0 Å². The van der Waals surface area contributed by atoms with E-state index in [0.717, 1.165) is 30.6 Å². The number of aryl methyl sites for hydroxylation is 2. The maximum absolute atomic E-state index is 13.3. The number of para-hydroxylation sites is 1. The molecule has 1 aromatic heterocycles. The van der Waals surface area contributed by atoms with E-state index in [1.165, 1.54) is 0 Å². The molecule has 2 aromatic carbocycles. The first-order valence-electron chi connectivity index (χ1n) is 9.97. The Balaban J connectivity index is 1.66. The normalized spacial score (nSPS) is 16.3. The van der Waals surface area contributed by atoms with Gasteiger partial charge in [0.1, 0.15) is 5.82 Å². The number of H-pyrrole nitrogens is 1. The summed E-state index contributed by atoms with van der Waals surface area (Å²) in [4.78, 5) is 34.9. The molecular formula is C23H25N3O3. The molecule has 0 radical (unpaired) electrons. The van der Waals surface area contributed by atoms with E-state index in [1.54, 1.807) is 11.0 Å². The number of fused-ring (bicyclic) bond motifs is 1. The molecule has 1 N–H and O–H groups in total. The second-order valence-electron chi connectivity index (χ2n) is 7.73. The number of carbonyl (C=O) groups is 1. The van der Waals surface area contributed by atoms with Crippen molar-refractivity contribution in [3.63, 3.8) is 0 Å². The highest BCUT2D eigenvalue weighted by Gasteiger charge is 2.24. The van der Waals surface area contributed by atoms with E-state index < -0.39 is 0 Å². The predicted molar refractivity (Wildman–Crippen MR) is 112 cm³/mol. The molecule has 4 rings (SSSR count). The van der Waals surface area contributed by atoms with E-state index in [-0.39, 0.29) is 24.1 Å². The van der Waals surface area contributed by atoms with Crippen LogP contribution in [0.5, 0.6) is 0 Å². The second-order valence-corrected chi connectivity index (χ2v) is 7.73. The molecule has 2 heterocycles. The highest BCUT2D eigenvalue weighted by molar-refractivity contribution is 5.94. The average molecular weight is 391 g/mol. The minimum Gasteiger partial charge on any atom is -0.376 e. The molecule has 0 spiro atoms. The molecule has 1 aliphatic rings. The minimum atomic E-state index is -0.193. The zero-order chi connectivity index (χ0) is 20.4. The summed E-state index contributed by atoms with van der Waals surface area (Å²) in [5, 5.41) is 0.544. The van der Waals surface area contributed by atoms with Crippen molar-refractivity contribution in [3.8, 4) is 0 Å². The number of hydrogen-bond acceptors (Lipinski definition) is 4. The summed E-state index contributed by atoms with van der Waals surface area (Å²) in [6, 6.07) is 13.1. The van der Waals surface area contributed by atoms with Crippen molar-refractivity contribution in [1.82, 2.24) is 14.9 Å². The van der Waals surface area contributed by atoms with Crippen LogP contribution in [0.15, 0.2) is 47.3 Å². The molecule has 29 heavy (non-hydrogen) atoms. The van der Waals surface area contributed by atoms with Gasteiger partial charge in [-0.1, -0.05) is 29.3 Å². The van der Waals surface area contributed by atoms with Gasteiger partial charge in [-0.3, -0.25) is 9.59 Å². The summed E-state index contributed by atoms with van der Waals surface area (Å²) < 4.78 is 5.76. The summed E-state index contributed by atoms with van der Waals surface area (Å²) in [6.45, 7) is 5.39. The van der Waals surface area contributed by atoms with Crippen LogP contribution in [0.25, 0.3) is 10.9 Å². The van der Waals surface area contributed by atoms with E-state index >= 15 is 0 Å². The molecule has 1 aliphatic heterocycles. The van der Waals surface area contributed by atoms with E-state index in [2.05, 4.69) is 9.97 Å². The summed E-state index contributed by atoms with van der Waals surface area (Å²) in [6.07, 6.45) is 1.94. The average Bonchev–Trinajstić information content (AvgIpc) is 3.19. The lowest BCUT2D eigenvalue weighted by Crippen LogP contribution is -2.38. The molecule has 6 nitrogen and oxygen atoms in total. The van der Waals surface area contributed by atoms with Gasteiger partial charge < -0.3 is 14.6 Å². The Morgan fingerprint density at radius 3 is 2.69 bits per heavy atom. The molecule has 1 amide bonds. The number of carbonyl (C=O) groups excluding carboxylic acids is 1. The lowest BCUT2D eigenvalue weighted by Gasteiger charge is -2.25. The Bertz CT molecular complexity index is 1080. The largest absolute Gasteiger partial charge is 0.376 e. The quantitative estimate of drug-likeness (QED) is 0.724. The zero-order valence-electron chi connectivity index (χ0n) is 16.8. The van der Waals surface area contributed by atoms with Crippen LogP contribution >= 0.6 is 0 Å². The fourth-order valence-corrected chi connectivity index (χ4v) is 3.92. The van der Waals surface area contributed by atoms with Gasteiger partial charge in [0, 0.05) is 18.7 Å². The van der Waals surface area contributed by atoms with Gasteiger partial charge in [-0.25, -0.2) is 4.98 Å². The molecule has 150 valence electrons. The Morgan fingerprint density at radius 2 is 1.97 bits per heavy atom. The van der Waals surface area contributed by atoms with Crippen LogP contribution in [0.3, 0.4) is 0 Å². The standard InChI is InChI=1S/C23H25N3O3/c1-15-10-16(2)12-17(11-15)23(28)26(13-18-6-5-9-29-18)14-21-24-20-8-4-3-7-19(20)22(27)25-21/h3-4,7-8,10-12,18H,5-6,9,13-14H2,1-2H3,(H,24,25,27). The van der Waals surface area contributed by atoms with Crippen molar-refractivity contribution in [3.05, 3.63) is 75.3 Å². The maximum Gasteiger partial charge on any atom is 0.258 e. The Kier molecular flexibility index (Phi) is 5.45. The fraction of sp³-hybridized carbons (Fsp3) is 0.348. The topological polar surface area (TPSA) is 75.3 Å². The number of aromatic amines is 1.